The van der Waals surface area contributed by atoms with E-state index in [-0.39, 0.29) is 16.3 Å². The number of aromatic nitrogens is 1. The average molecular weight is 386 g/mol. The predicted molar refractivity (Wildman–Crippen MR) is 84.1 cm³/mol. The number of hydrogen-bond donors (Lipinski definition) is 1. The number of halogens is 4. The molecule has 26 heavy (non-hydrogen) atoms. The van der Waals surface area contributed by atoms with E-state index in [2.05, 4.69) is 20.9 Å². The Morgan fingerprint density at radius 2 is 2.08 bits per heavy atom. The zero-order valence-corrected chi connectivity index (χ0v) is 13.9. The largest absolute Gasteiger partial charge is 0.496 e. The second-order valence-electron chi connectivity index (χ2n) is 5.15. The molecule has 0 saturated heterocycles. The van der Waals surface area contributed by atoms with E-state index in [1.54, 1.807) is 18.2 Å². The molecule has 7 nitrogen and oxygen atoms in total. The first-order valence-corrected chi connectivity index (χ1v) is 7.55. The molecule has 0 radical (unpaired) electrons. The second kappa shape index (κ2) is 6.79. The van der Waals surface area contributed by atoms with Gasteiger partial charge in [-0.2, -0.15) is 18.7 Å². The number of methoxy groups -OCH3 is 1. The Bertz CT molecular complexity index is 875. The van der Waals surface area contributed by atoms with E-state index in [1.807, 2.05) is 0 Å². The number of amides is 1. The summed E-state index contributed by atoms with van der Waals surface area (Å²) in [5, 5.41) is 8.06. The summed E-state index contributed by atoms with van der Waals surface area (Å²) in [6, 6.07) is 7.17. The standard InChI is InChI=1S/C15H11ClF3N5O2/c1-26-11-5-3-2-4-9(11)14(25)24-13(21-22-23-24)12-10(16)6-8(7-20-12)15(17,18)19/h2-7,13H,1H3,(H,21,23). The third-order valence-corrected chi connectivity index (χ3v) is 3.86. The minimum absolute atomic E-state index is 0.0448. The molecule has 11 heteroatoms. The maximum Gasteiger partial charge on any atom is 0.417 e. The molecule has 1 amide bonds. The number of para-hydroxylation sites is 1. The summed E-state index contributed by atoms with van der Waals surface area (Å²) in [5.74, 6) is -0.244. The van der Waals surface area contributed by atoms with Gasteiger partial charge in [-0.15, -0.1) is 5.11 Å². The third-order valence-electron chi connectivity index (χ3n) is 3.56. The third kappa shape index (κ3) is 3.27. The Kier molecular flexibility index (Phi) is 4.68. The van der Waals surface area contributed by atoms with Crippen molar-refractivity contribution in [2.24, 2.45) is 10.3 Å². The van der Waals surface area contributed by atoms with Crippen molar-refractivity contribution in [3.05, 3.63) is 58.4 Å². The van der Waals surface area contributed by atoms with Crippen LogP contribution in [0.4, 0.5) is 13.2 Å². The van der Waals surface area contributed by atoms with Gasteiger partial charge in [0.15, 0.2) is 0 Å². The second-order valence-corrected chi connectivity index (χ2v) is 5.56. The predicted octanol–water partition coefficient (Wildman–Crippen LogP) is 3.79. The zero-order chi connectivity index (χ0) is 18.9. The number of pyridine rings is 1. The highest BCUT2D eigenvalue weighted by Gasteiger charge is 2.36. The highest BCUT2D eigenvalue weighted by Crippen LogP contribution is 2.35. The smallest absolute Gasteiger partial charge is 0.417 e. The number of hydrogen-bond acceptors (Lipinski definition) is 6. The molecule has 0 saturated carbocycles. The van der Waals surface area contributed by atoms with Gasteiger partial charge in [0.1, 0.15) is 11.4 Å². The molecule has 0 fully saturated rings. The number of benzene rings is 1. The molecule has 1 aliphatic heterocycles. The number of nitrogens with zero attached hydrogens (tertiary/aromatic N) is 4. The Morgan fingerprint density at radius 3 is 2.73 bits per heavy atom. The highest BCUT2D eigenvalue weighted by atomic mass is 35.5. The zero-order valence-electron chi connectivity index (χ0n) is 13.2. The van der Waals surface area contributed by atoms with Gasteiger partial charge >= 0.3 is 6.18 Å². The van der Waals surface area contributed by atoms with E-state index < -0.39 is 23.8 Å². The van der Waals surface area contributed by atoms with Crippen LogP contribution in [0.25, 0.3) is 0 Å². The van der Waals surface area contributed by atoms with Gasteiger partial charge in [0.25, 0.3) is 5.91 Å². The summed E-state index contributed by atoms with van der Waals surface area (Å²) in [6.45, 7) is 0. The van der Waals surface area contributed by atoms with Crippen molar-refractivity contribution < 1.29 is 22.7 Å². The van der Waals surface area contributed by atoms with E-state index in [4.69, 9.17) is 16.3 Å². The van der Waals surface area contributed by atoms with Gasteiger partial charge < -0.3 is 4.74 Å². The van der Waals surface area contributed by atoms with Crippen LogP contribution in [0, 0.1) is 0 Å². The molecular weight excluding hydrogens is 375 g/mol. The lowest BCUT2D eigenvalue weighted by molar-refractivity contribution is -0.137. The average Bonchev–Trinajstić information content (AvgIpc) is 3.09. The van der Waals surface area contributed by atoms with Crippen LogP contribution in [0.2, 0.25) is 5.02 Å². The van der Waals surface area contributed by atoms with Crippen LogP contribution in [0.5, 0.6) is 5.75 Å². The molecule has 0 bridgehead atoms. The number of alkyl halides is 3. The molecule has 1 aromatic carbocycles. The number of rotatable bonds is 3. The fourth-order valence-corrected chi connectivity index (χ4v) is 2.58. The van der Waals surface area contributed by atoms with E-state index >= 15 is 0 Å². The summed E-state index contributed by atoms with van der Waals surface area (Å²) >= 11 is 5.94. The van der Waals surface area contributed by atoms with E-state index in [0.29, 0.717) is 11.9 Å². The molecule has 1 unspecified atom stereocenters. The summed E-state index contributed by atoms with van der Waals surface area (Å²) in [4.78, 5) is 16.5. The van der Waals surface area contributed by atoms with Crippen LogP contribution in [-0.2, 0) is 6.18 Å². The fourth-order valence-electron chi connectivity index (χ4n) is 2.31. The van der Waals surface area contributed by atoms with Crippen molar-refractivity contribution in [1.29, 1.82) is 0 Å². The summed E-state index contributed by atoms with van der Waals surface area (Å²) < 4.78 is 43.4. The first-order valence-electron chi connectivity index (χ1n) is 7.17. The van der Waals surface area contributed by atoms with Gasteiger partial charge in [-0.3, -0.25) is 9.78 Å². The van der Waals surface area contributed by atoms with Crippen LogP contribution in [-0.4, -0.2) is 23.0 Å². The Labute approximate surface area is 150 Å². The number of hydrazine groups is 1. The van der Waals surface area contributed by atoms with Gasteiger partial charge in [0.05, 0.1) is 23.3 Å². The number of carbonyl (C=O) groups excluding carboxylic acids is 1. The van der Waals surface area contributed by atoms with Gasteiger partial charge in [-0.1, -0.05) is 29.0 Å². The van der Waals surface area contributed by atoms with Crippen LogP contribution >= 0.6 is 11.6 Å². The SMILES string of the molecule is COc1ccccc1C(=O)N1NN=NC1c1ncc(C(F)(F)F)cc1Cl. The van der Waals surface area contributed by atoms with Gasteiger partial charge in [0.2, 0.25) is 6.17 Å². The quantitative estimate of drug-likeness (QED) is 0.871. The Morgan fingerprint density at radius 1 is 1.35 bits per heavy atom. The molecule has 2 heterocycles. The van der Waals surface area contributed by atoms with Gasteiger partial charge in [0, 0.05) is 6.20 Å². The lowest BCUT2D eigenvalue weighted by Crippen LogP contribution is -2.39. The fraction of sp³-hybridized carbons (Fsp3) is 0.200. The number of carbonyl (C=O) groups is 1. The maximum atomic E-state index is 12.8. The van der Waals surface area contributed by atoms with Crippen molar-refractivity contribution >= 4 is 17.5 Å². The Hall–Kier alpha value is -2.88. The number of nitrogens with one attached hydrogen (secondary N) is 1. The van der Waals surface area contributed by atoms with Crippen molar-refractivity contribution in [2.45, 2.75) is 12.3 Å². The molecule has 1 aliphatic rings. The lowest BCUT2D eigenvalue weighted by atomic mass is 10.1. The van der Waals surface area contributed by atoms with Crippen LogP contribution in [0.1, 0.15) is 27.8 Å². The van der Waals surface area contributed by atoms with E-state index in [0.717, 1.165) is 11.1 Å². The van der Waals surface area contributed by atoms with Crippen molar-refractivity contribution in [2.75, 3.05) is 7.11 Å². The Balaban J connectivity index is 1.93. The number of ether oxygens (including phenoxy) is 1. The molecule has 1 aromatic heterocycles. The minimum atomic E-state index is -4.59. The van der Waals surface area contributed by atoms with Crippen molar-refractivity contribution in [3.63, 3.8) is 0 Å². The summed E-state index contributed by atoms with van der Waals surface area (Å²) in [7, 11) is 1.41. The molecule has 2 aromatic rings. The normalized spacial score (nSPS) is 16.5. The van der Waals surface area contributed by atoms with Gasteiger partial charge in [-0.05, 0) is 18.2 Å². The van der Waals surface area contributed by atoms with E-state index in [1.165, 1.54) is 13.2 Å². The summed E-state index contributed by atoms with van der Waals surface area (Å²) in [5.41, 5.74) is 1.56. The van der Waals surface area contributed by atoms with Crippen LogP contribution in [0.3, 0.4) is 0 Å². The van der Waals surface area contributed by atoms with Gasteiger partial charge in [-0.25, -0.2) is 5.01 Å². The molecule has 0 spiro atoms. The topological polar surface area (TPSA) is 79.2 Å². The molecule has 136 valence electrons. The molecule has 0 aliphatic carbocycles. The van der Waals surface area contributed by atoms with E-state index in [9.17, 15) is 18.0 Å². The first kappa shape index (κ1) is 17.9. The monoisotopic (exact) mass is 385 g/mol. The minimum Gasteiger partial charge on any atom is -0.496 e. The molecular formula is C15H11ClF3N5O2. The first-order chi connectivity index (χ1) is 12.3. The molecule has 3 rings (SSSR count). The van der Waals surface area contributed by atoms with Crippen LogP contribution in [0.15, 0.2) is 46.9 Å². The maximum absolute atomic E-state index is 12.8. The van der Waals surface area contributed by atoms with Crippen molar-refractivity contribution in [1.82, 2.24) is 15.5 Å². The lowest BCUT2D eigenvalue weighted by Gasteiger charge is -2.22. The molecule has 1 atom stereocenters. The highest BCUT2D eigenvalue weighted by molar-refractivity contribution is 6.31. The van der Waals surface area contributed by atoms with Crippen molar-refractivity contribution in [3.8, 4) is 5.75 Å². The summed E-state index contributed by atoms with van der Waals surface area (Å²) in [6.07, 6.45) is -5.08. The molecule has 1 N–H and O–H groups in total. The van der Waals surface area contributed by atoms with Crippen LogP contribution < -0.4 is 10.3 Å².